The molecule has 26 heavy (non-hydrogen) atoms. The molecule has 0 amide bonds. The van der Waals surface area contributed by atoms with Crippen molar-refractivity contribution >= 4 is 5.69 Å². The van der Waals surface area contributed by atoms with Gasteiger partial charge in [0.25, 0.3) is 11.5 Å². The van der Waals surface area contributed by atoms with Crippen molar-refractivity contribution in [3.8, 4) is 5.69 Å². The van der Waals surface area contributed by atoms with Gasteiger partial charge in [-0.3, -0.25) is 10.1 Å². The number of nitro benzene ring substituents is 1. The van der Waals surface area contributed by atoms with Gasteiger partial charge in [0.15, 0.2) is 0 Å². The number of halogens is 8. The van der Waals surface area contributed by atoms with Crippen molar-refractivity contribution in [1.82, 2.24) is 14.8 Å². The fourth-order valence-corrected chi connectivity index (χ4v) is 1.92. The van der Waals surface area contributed by atoms with Gasteiger partial charge in [0, 0.05) is 11.6 Å². The van der Waals surface area contributed by atoms with E-state index >= 15 is 0 Å². The summed E-state index contributed by atoms with van der Waals surface area (Å²) in [4.78, 5) is 12.2. The zero-order chi connectivity index (χ0) is 20.1. The highest BCUT2D eigenvalue weighted by Crippen LogP contribution is 2.44. The number of aromatic nitrogens is 3. The van der Waals surface area contributed by atoms with E-state index in [1.807, 2.05) is 0 Å². The Morgan fingerprint density at radius 1 is 1.08 bits per heavy atom. The molecule has 14 heteroatoms. The Hall–Kier alpha value is -2.80. The fraction of sp³-hybridized carbons (Fsp3) is 0.333. The van der Waals surface area contributed by atoms with Gasteiger partial charge in [-0.2, -0.15) is 35.1 Å². The van der Waals surface area contributed by atoms with Crippen LogP contribution in [0.4, 0.5) is 40.8 Å². The molecule has 0 aliphatic rings. The minimum absolute atomic E-state index is 0.196. The van der Waals surface area contributed by atoms with Crippen molar-refractivity contribution < 1.29 is 40.0 Å². The van der Waals surface area contributed by atoms with E-state index in [2.05, 4.69) is 10.1 Å². The van der Waals surface area contributed by atoms with E-state index in [-0.39, 0.29) is 10.2 Å². The van der Waals surface area contributed by atoms with Crippen LogP contribution in [0.5, 0.6) is 0 Å². The van der Waals surface area contributed by atoms with Crippen molar-refractivity contribution in [2.24, 2.45) is 0 Å². The molecule has 0 spiro atoms. The molecule has 0 aliphatic carbocycles. The normalized spacial score (nSPS) is 13.1. The zero-order valence-electron chi connectivity index (χ0n) is 12.4. The van der Waals surface area contributed by atoms with Crippen molar-refractivity contribution in [3.05, 3.63) is 45.5 Å². The number of rotatable bonds is 3. The van der Waals surface area contributed by atoms with E-state index in [0.29, 0.717) is 6.07 Å². The summed E-state index contributed by atoms with van der Waals surface area (Å²) < 4.78 is 103. The van der Waals surface area contributed by atoms with Gasteiger partial charge in [0.1, 0.15) is 0 Å². The highest BCUT2D eigenvalue weighted by molar-refractivity contribution is 5.47. The second-order valence-electron chi connectivity index (χ2n) is 4.97. The summed E-state index contributed by atoms with van der Waals surface area (Å²) in [5.74, 6) is -10.3. The average Bonchev–Trinajstić information content (AvgIpc) is 2.91. The lowest BCUT2D eigenvalue weighted by molar-refractivity contribution is -0.385. The highest BCUT2D eigenvalue weighted by atomic mass is 19.4. The number of aryl methyl sites for hydroxylation is 1. The van der Waals surface area contributed by atoms with Gasteiger partial charge >= 0.3 is 18.3 Å². The van der Waals surface area contributed by atoms with Crippen LogP contribution in [0, 0.1) is 17.0 Å². The monoisotopic (exact) mass is 390 g/mol. The van der Waals surface area contributed by atoms with E-state index < -0.39 is 46.2 Å². The maximum atomic E-state index is 13.6. The second kappa shape index (κ2) is 5.88. The smallest absolute Gasteiger partial charge is 0.258 e. The fourth-order valence-electron chi connectivity index (χ4n) is 1.92. The summed E-state index contributed by atoms with van der Waals surface area (Å²) in [6, 6.07) is 2.15. The van der Waals surface area contributed by atoms with Gasteiger partial charge < -0.3 is 0 Å². The van der Waals surface area contributed by atoms with Gasteiger partial charge in [0.2, 0.25) is 5.82 Å². The lowest BCUT2D eigenvalue weighted by atomic mass is 10.2. The Labute approximate surface area is 138 Å². The van der Waals surface area contributed by atoms with Crippen LogP contribution in [-0.2, 0) is 12.1 Å². The van der Waals surface area contributed by atoms with Crippen LogP contribution in [0.15, 0.2) is 18.2 Å². The Morgan fingerprint density at radius 2 is 1.65 bits per heavy atom. The first-order valence-electron chi connectivity index (χ1n) is 6.41. The Kier molecular flexibility index (Phi) is 4.41. The minimum Gasteiger partial charge on any atom is -0.258 e. The molecule has 0 N–H and O–H groups in total. The number of hydrogen-bond acceptors (Lipinski definition) is 4. The molecule has 0 aliphatic heterocycles. The van der Waals surface area contributed by atoms with Crippen molar-refractivity contribution in [1.29, 1.82) is 0 Å². The van der Waals surface area contributed by atoms with Crippen LogP contribution in [-0.4, -0.2) is 25.9 Å². The molecule has 1 aromatic heterocycles. The predicted octanol–water partition coefficient (Wildman–Crippen LogP) is 4.16. The quantitative estimate of drug-likeness (QED) is 0.448. The van der Waals surface area contributed by atoms with Crippen LogP contribution in [0.1, 0.15) is 17.2 Å². The largest absolute Gasteiger partial charge is 0.461 e. The summed E-state index contributed by atoms with van der Waals surface area (Å²) in [5.41, 5.74) is -1.40. The summed E-state index contributed by atoms with van der Waals surface area (Å²) in [7, 11) is 0. The first kappa shape index (κ1) is 19.5. The van der Waals surface area contributed by atoms with Crippen LogP contribution in [0.3, 0.4) is 0 Å². The lowest BCUT2D eigenvalue weighted by Crippen LogP contribution is -2.36. The van der Waals surface area contributed by atoms with Crippen LogP contribution in [0.25, 0.3) is 5.69 Å². The van der Waals surface area contributed by atoms with Gasteiger partial charge in [0.05, 0.1) is 10.6 Å². The second-order valence-corrected chi connectivity index (χ2v) is 4.97. The minimum atomic E-state index is -6.24. The summed E-state index contributed by atoms with van der Waals surface area (Å²) in [6.45, 7) is 1.12. The molecule has 0 saturated heterocycles. The third kappa shape index (κ3) is 3.30. The third-order valence-electron chi connectivity index (χ3n) is 3.12. The molecule has 0 unspecified atom stereocenters. The molecule has 2 aromatic rings. The molecule has 1 aromatic carbocycles. The summed E-state index contributed by atoms with van der Waals surface area (Å²) in [6.07, 6.45) is -11.6. The number of alkyl halides is 8. The van der Waals surface area contributed by atoms with Gasteiger partial charge in [-0.1, -0.05) is 0 Å². The lowest BCUT2D eigenvalue weighted by Gasteiger charge is -2.19. The first-order chi connectivity index (χ1) is 11.7. The molecule has 0 atom stereocenters. The highest BCUT2D eigenvalue weighted by Gasteiger charge is 2.63. The molecular weight excluding hydrogens is 384 g/mol. The standard InChI is InChI=1S/C12H6F8N4O2/c1-5-4-6(2-3-7(5)24(25)26)23-9(10(13,14)12(18,19)20)21-8(22-23)11(15,16)17/h2-4H,1H3. The van der Waals surface area contributed by atoms with Gasteiger partial charge in [-0.05, 0) is 19.1 Å². The van der Waals surface area contributed by atoms with Crippen LogP contribution < -0.4 is 0 Å². The topological polar surface area (TPSA) is 73.8 Å². The van der Waals surface area contributed by atoms with E-state index in [1.54, 1.807) is 0 Å². The Morgan fingerprint density at radius 3 is 2.08 bits per heavy atom. The van der Waals surface area contributed by atoms with Gasteiger partial charge in [-0.25, -0.2) is 9.67 Å². The van der Waals surface area contributed by atoms with E-state index in [4.69, 9.17) is 0 Å². The predicted molar refractivity (Wildman–Crippen MR) is 67.7 cm³/mol. The molecule has 0 fully saturated rings. The number of benzene rings is 1. The molecule has 142 valence electrons. The van der Waals surface area contributed by atoms with Crippen molar-refractivity contribution in [2.75, 3.05) is 0 Å². The molecule has 1 heterocycles. The summed E-state index contributed by atoms with van der Waals surface area (Å²) >= 11 is 0. The zero-order valence-corrected chi connectivity index (χ0v) is 12.4. The summed E-state index contributed by atoms with van der Waals surface area (Å²) in [5, 5.41) is 13.4. The Bertz CT molecular complexity index is 856. The average molecular weight is 390 g/mol. The van der Waals surface area contributed by atoms with E-state index in [0.717, 1.165) is 19.1 Å². The van der Waals surface area contributed by atoms with Crippen molar-refractivity contribution in [3.63, 3.8) is 0 Å². The van der Waals surface area contributed by atoms with Crippen LogP contribution in [0.2, 0.25) is 0 Å². The maximum absolute atomic E-state index is 13.6. The SMILES string of the molecule is Cc1cc(-n2nc(C(F)(F)F)nc2C(F)(F)C(F)(F)F)ccc1[N+](=O)[O-]. The van der Waals surface area contributed by atoms with E-state index in [9.17, 15) is 45.2 Å². The molecule has 2 rings (SSSR count). The Balaban J connectivity index is 2.74. The number of hydrogen-bond donors (Lipinski definition) is 0. The van der Waals surface area contributed by atoms with E-state index in [1.165, 1.54) is 0 Å². The van der Waals surface area contributed by atoms with Crippen molar-refractivity contribution in [2.45, 2.75) is 25.2 Å². The number of nitrogens with zero attached hydrogens (tertiary/aromatic N) is 4. The molecule has 0 bridgehead atoms. The van der Waals surface area contributed by atoms with Gasteiger partial charge in [-0.15, -0.1) is 5.10 Å². The van der Waals surface area contributed by atoms with Crippen LogP contribution >= 0.6 is 0 Å². The molecule has 6 nitrogen and oxygen atoms in total. The third-order valence-corrected chi connectivity index (χ3v) is 3.12. The molecule has 0 radical (unpaired) electrons. The number of nitro groups is 1. The molecular formula is C12H6F8N4O2. The molecule has 0 saturated carbocycles. The first-order valence-corrected chi connectivity index (χ1v) is 6.41. The maximum Gasteiger partial charge on any atom is 0.461 e.